The molecule has 3 heterocycles. The van der Waals surface area contributed by atoms with Gasteiger partial charge in [-0.1, -0.05) is 0 Å². The maximum absolute atomic E-state index is 12.8. The third kappa shape index (κ3) is 6.95. The summed E-state index contributed by atoms with van der Waals surface area (Å²) in [6.07, 6.45) is -5.29. The van der Waals surface area contributed by atoms with Gasteiger partial charge in [-0.15, -0.1) is 5.10 Å². The molecule has 2 fully saturated rings. The van der Waals surface area contributed by atoms with Crippen molar-refractivity contribution in [3.63, 3.8) is 0 Å². The third-order valence-electron chi connectivity index (χ3n) is 5.69. The molecular weight excluding hydrogens is 457 g/mol. The molecule has 10 nitrogen and oxygen atoms in total. The normalized spacial score (nSPS) is 27.4. The molecule has 0 aromatic carbocycles. The van der Waals surface area contributed by atoms with Gasteiger partial charge < -0.3 is 30.3 Å². The molecule has 34 heavy (non-hydrogen) atoms. The van der Waals surface area contributed by atoms with Crippen LogP contribution in [0.15, 0.2) is 34.1 Å². The van der Waals surface area contributed by atoms with E-state index in [1.807, 2.05) is 6.07 Å². The number of aliphatic hydroxyl groups excluding tert-OH is 2. The number of hydrogen-bond donors (Lipinski definition) is 4. The Hall–Kier alpha value is -2.61. The molecule has 188 valence electrons. The van der Waals surface area contributed by atoms with Gasteiger partial charge in [-0.05, 0) is 45.6 Å². The lowest BCUT2D eigenvalue weighted by Crippen LogP contribution is -2.59. The molecule has 0 bridgehead atoms. The van der Waals surface area contributed by atoms with Crippen molar-refractivity contribution in [2.45, 2.75) is 56.2 Å². The Balaban J connectivity index is 1.54. The molecule has 4 N–H and O–H groups in total. The van der Waals surface area contributed by atoms with E-state index in [1.165, 1.54) is 0 Å². The fraction of sp³-hybridized carbons (Fsp3) is 0.619. The van der Waals surface area contributed by atoms with Crippen LogP contribution in [0.4, 0.5) is 13.2 Å². The maximum Gasteiger partial charge on any atom is 0.429 e. The summed E-state index contributed by atoms with van der Waals surface area (Å²) in [5.41, 5.74) is -0.214. The van der Waals surface area contributed by atoms with E-state index in [0.717, 1.165) is 44.7 Å². The van der Waals surface area contributed by atoms with E-state index in [4.69, 9.17) is 9.47 Å². The SMILES string of the molecule is C=N/C=C(\N=C(/C)C(F)(F)F)N[C@H]1CO[C@H](COc2ccc(C3CCNCC3)nn2)[C@H](O)[C@@H]1O. The lowest BCUT2D eigenvalue weighted by atomic mass is 9.94. The van der Waals surface area contributed by atoms with Crippen LogP contribution in [0.1, 0.15) is 31.4 Å². The lowest BCUT2D eigenvalue weighted by molar-refractivity contribution is -0.158. The molecule has 0 spiro atoms. The van der Waals surface area contributed by atoms with Crippen LogP contribution in [0.5, 0.6) is 5.88 Å². The Morgan fingerprint density at radius 1 is 1.29 bits per heavy atom. The van der Waals surface area contributed by atoms with Crippen molar-refractivity contribution < 1.29 is 32.9 Å². The summed E-state index contributed by atoms with van der Waals surface area (Å²) in [7, 11) is 0. The summed E-state index contributed by atoms with van der Waals surface area (Å²) in [5.74, 6) is 0.330. The number of aliphatic hydroxyl groups is 2. The fourth-order valence-corrected chi connectivity index (χ4v) is 3.69. The van der Waals surface area contributed by atoms with Gasteiger partial charge in [0.1, 0.15) is 36.5 Å². The monoisotopic (exact) mass is 486 g/mol. The van der Waals surface area contributed by atoms with E-state index in [0.29, 0.717) is 5.92 Å². The minimum atomic E-state index is -4.62. The number of halogens is 3. The van der Waals surface area contributed by atoms with E-state index >= 15 is 0 Å². The Morgan fingerprint density at radius 3 is 2.65 bits per heavy atom. The largest absolute Gasteiger partial charge is 0.474 e. The van der Waals surface area contributed by atoms with Crippen molar-refractivity contribution in [3.05, 3.63) is 29.8 Å². The summed E-state index contributed by atoms with van der Waals surface area (Å²) < 4.78 is 49.5. The van der Waals surface area contributed by atoms with E-state index < -0.39 is 36.2 Å². The van der Waals surface area contributed by atoms with Crippen LogP contribution in [-0.2, 0) is 4.74 Å². The van der Waals surface area contributed by atoms with Crippen LogP contribution >= 0.6 is 0 Å². The molecule has 2 aliphatic rings. The molecule has 13 heteroatoms. The highest BCUT2D eigenvalue weighted by atomic mass is 19.4. The van der Waals surface area contributed by atoms with Crippen molar-refractivity contribution in [1.29, 1.82) is 0 Å². The van der Waals surface area contributed by atoms with Crippen molar-refractivity contribution >= 4 is 12.4 Å². The van der Waals surface area contributed by atoms with Crippen LogP contribution in [-0.4, -0.2) is 89.7 Å². The summed E-state index contributed by atoms with van der Waals surface area (Å²) in [4.78, 5) is 6.87. The van der Waals surface area contributed by atoms with Crippen molar-refractivity contribution in [2.24, 2.45) is 9.98 Å². The van der Waals surface area contributed by atoms with E-state index in [-0.39, 0.29) is 24.9 Å². The number of aromatic nitrogens is 2. The molecular formula is C21H29F3N6O4. The Labute approximate surface area is 195 Å². The summed E-state index contributed by atoms with van der Waals surface area (Å²) >= 11 is 0. The molecule has 4 atom stereocenters. The van der Waals surface area contributed by atoms with Crippen molar-refractivity contribution in [1.82, 2.24) is 20.8 Å². The number of rotatable bonds is 8. The Bertz CT molecular complexity index is 874. The number of ether oxygens (including phenoxy) is 2. The topological polar surface area (TPSA) is 133 Å². The van der Waals surface area contributed by atoms with E-state index in [2.05, 4.69) is 37.5 Å². The number of hydrogen-bond acceptors (Lipinski definition) is 10. The predicted molar refractivity (Wildman–Crippen MR) is 118 cm³/mol. The standard InChI is InChI=1S/C21H29F3N6O4/c1-12(21(22,23)24)27-17(9-25-2)28-15-10-33-16(20(32)19(15)31)11-34-18-4-3-14(29-30-18)13-5-7-26-8-6-13/h3-4,9,13,15-16,19-20,26,28,31-32H,2,5-8,10-11H2,1H3/b17-9+,27-12+/t15-,16+,19+,20-/m0/s1. The first-order valence-corrected chi connectivity index (χ1v) is 10.9. The van der Waals surface area contributed by atoms with Gasteiger partial charge in [0.2, 0.25) is 5.88 Å². The number of aliphatic imine (C=N–C) groups is 2. The third-order valence-corrected chi connectivity index (χ3v) is 5.69. The Kier molecular flexibility index (Phi) is 8.94. The molecule has 0 aliphatic carbocycles. The first-order valence-electron chi connectivity index (χ1n) is 10.9. The molecule has 2 saturated heterocycles. The van der Waals surface area contributed by atoms with Gasteiger partial charge in [0.15, 0.2) is 0 Å². The molecule has 1 aromatic heterocycles. The molecule has 0 unspecified atom stereocenters. The second kappa shape index (κ2) is 11.7. The van der Waals surface area contributed by atoms with Gasteiger partial charge >= 0.3 is 6.18 Å². The first-order chi connectivity index (χ1) is 16.2. The van der Waals surface area contributed by atoms with Crippen LogP contribution in [0.3, 0.4) is 0 Å². The van der Waals surface area contributed by atoms with Crippen LogP contribution < -0.4 is 15.4 Å². The quantitative estimate of drug-likeness (QED) is 0.399. The fourth-order valence-electron chi connectivity index (χ4n) is 3.69. The second-order valence-electron chi connectivity index (χ2n) is 8.13. The molecule has 0 saturated carbocycles. The Morgan fingerprint density at radius 2 is 2.03 bits per heavy atom. The molecule has 2 aliphatic heterocycles. The van der Waals surface area contributed by atoms with Crippen LogP contribution in [0, 0.1) is 0 Å². The number of nitrogens with one attached hydrogen (secondary N) is 2. The van der Waals surface area contributed by atoms with Gasteiger partial charge in [-0.2, -0.15) is 18.3 Å². The van der Waals surface area contributed by atoms with Gasteiger partial charge in [-0.25, -0.2) is 4.99 Å². The summed E-state index contributed by atoms with van der Waals surface area (Å²) in [6.45, 7) is 5.66. The smallest absolute Gasteiger partial charge is 0.429 e. The van der Waals surface area contributed by atoms with Gasteiger partial charge in [0.05, 0.1) is 24.5 Å². The molecule has 0 amide bonds. The zero-order valence-corrected chi connectivity index (χ0v) is 18.7. The zero-order valence-electron chi connectivity index (χ0n) is 18.7. The summed E-state index contributed by atoms with van der Waals surface area (Å²) in [6, 6.07) is 2.62. The minimum absolute atomic E-state index is 0.103. The van der Waals surface area contributed by atoms with Crippen LogP contribution in [0.2, 0.25) is 0 Å². The van der Waals surface area contributed by atoms with Gasteiger partial charge in [0, 0.05) is 12.0 Å². The number of piperidine rings is 1. The second-order valence-corrected chi connectivity index (χ2v) is 8.13. The zero-order chi connectivity index (χ0) is 24.7. The van der Waals surface area contributed by atoms with Crippen molar-refractivity contribution in [3.8, 4) is 5.88 Å². The highest BCUT2D eigenvalue weighted by molar-refractivity contribution is 5.88. The molecule has 1 aromatic rings. The van der Waals surface area contributed by atoms with Crippen molar-refractivity contribution in [2.75, 3.05) is 26.3 Å². The van der Waals surface area contributed by atoms with Gasteiger partial charge in [0.25, 0.3) is 0 Å². The molecule has 3 rings (SSSR count). The average Bonchev–Trinajstić information content (AvgIpc) is 2.82. The maximum atomic E-state index is 12.8. The number of nitrogens with zero attached hydrogens (tertiary/aromatic N) is 4. The highest BCUT2D eigenvalue weighted by Gasteiger charge is 2.39. The first kappa shape index (κ1) is 26.0. The van der Waals surface area contributed by atoms with Crippen LogP contribution in [0.25, 0.3) is 0 Å². The minimum Gasteiger partial charge on any atom is -0.474 e. The van der Waals surface area contributed by atoms with E-state index in [9.17, 15) is 23.4 Å². The van der Waals surface area contributed by atoms with E-state index in [1.54, 1.807) is 6.07 Å². The lowest BCUT2D eigenvalue weighted by Gasteiger charge is -2.38. The summed E-state index contributed by atoms with van der Waals surface area (Å²) in [5, 5.41) is 35.1. The average molecular weight is 486 g/mol. The van der Waals surface area contributed by atoms with Gasteiger partial charge in [-0.3, -0.25) is 4.99 Å². The highest BCUT2D eigenvalue weighted by Crippen LogP contribution is 2.24. The number of alkyl halides is 3. The molecule has 0 radical (unpaired) electrons. The predicted octanol–water partition coefficient (Wildman–Crippen LogP) is 0.924.